The number of halogens is 3. The second-order valence-electron chi connectivity index (χ2n) is 5.43. The van der Waals surface area contributed by atoms with Crippen molar-refractivity contribution in [2.45, 2.75) is 25.4 Å². The molecule has 0 spiro atoms. The van der Waals surface area contributed by atoms with Crippen LogP contribution in [0.25, 0.3) is 5.70 Å². The van der Waals surface area contributed by atoms with Crippen LogP contribution in [-0.4, -0.2) is 15.3 Å². The first kappa shape index (κ1) is 16.6. The number of alkyl halides is 3. The number of benzene rings is 1. The van der Waals surface area contributed by atoms with Gasteiger partial charge in [-0.2, -0.15) is 13.2 Å². The maximum atomic E-state index is 12.9. The second kappa shape index (κ2) is 6.35. The normalized spacial score (nSPS) is 17.4. The van der Waals surface area contributed by atoms with Crippen molar-refractivity contribution >= 4 is 29.1 Å². The number of rotatable bonds is 3. The summed E-state index contributed by atoms with van der Waals surface area (Å²) in [7, 11) is 0. The summed E-state index contributed by atoms with van der Waals surface area (Å²) in [6.07, 6.45) is -2.82. The van der Waals surface area contributed by atoms with Gasteiger partial charge >= 0.3 is 6.18 Å². The molecule has 0 saturated carbocycles. The first-order chi connectivity index (χ1) is 11.3. The summed E-state index contributed by atoms with van der Waals surface area (Å²) in [6.45, 7) is 3.64. The molecule has 24 heavy (non-hydrogen) atoms. The topological polar surface area (TPSA) is 49.8 Å². The molecule has 1 aliphatic heterocycles. The van der Waals surface area contributed by atoms with Crippen molar-refractivity contribution in [3.8, 4) is 0 Å². The van der Waals surface area contributed by atoms with E-state index in [1.54, 1.807) is 37.0 Å². The maximum absolute atomic E-state index is 12.9. The van der Waals surface area contributed by atoms with Crippen LogP contribution in [0, 0.1) is 6.92 Å². The molecule has 0 radical (unpaired) electrons. The van der Waals surface area contributed by atoms with Gasteiger partial charge < -0.3 is 10.6 Å². The molecule has 2 heterocycles. The highest BCUT2D eigenvalue weighted by atomic mass is 32.2. The fraction of sp³-hybridized carbons (Fsp3) is 0.250. The predicted octanol–water partition coefficient (Wildman–Crippen LogP) is 4.53. The molecule has 1 aromatic heterocycles. The molecule has 1 aromatic carbocycles. The summed E-state index contributed by atoms with van der Waals surface area (Å²) in [5, 5.41) is 8.33. The highest BCUT2D eigenvalue weighted by Crippen LogP contribution is 2.32. The smallest absolute Gasteiger partial charge is 0.371 e. The Labute approximate surface area is 141 Å². The molecule has 0 amide bonds. The van der Waals surface area contributed by atoms with E-state index in [4.69, 9.17) is 0 Å². The van der Waals surface area contributed by atoms with E-state index in [1.165, 1.54) is 0 Å². The first-order valence-corrected chi connectivity index (χ1v) is 8.17. The minimum Gasteiger partial charge on any atom is -0.371 e. The SMILES string of the molecule is Cc1cc(Nc2nccc(C3=CSC(C)N3)n2)cc(C(F)(F)F)c1. The van der Waals surface area contributed by atoms with E-state index in [0.29, 0.717) is 16.9 Å². The Hall–Kier alpha value is -2.22. The molecule has 0 bridgehead atoms. The van der Waals surface area contributed by atoms with Crippen LogP contribution in [0.15, 0.2) is 35.9 Å². The fourth-order valence-electron chi connectivity index (χ4n) is 2.31. The molecule has 2 aromatic rings. The monoisotopic (exact) mass is 352 g/mol. The van der Waals surface area contributed by atoms with Gasteiger partial charge in [0.2, 0.25) is 5.95 Å². The number of aromatic nitrogens is 2. The number of nitrogens with one attached hydrogen (secondary N) is 2. The highest BCUT2D eigenvalue weighted by molar-refractivity contribution is 8.03. The van der Waals surface area contributed by atoms with Gasteiger partial charge in [-0.15, -0.1) is 11.8 Å². The lowest BCUT2D eigenvalue weighted by atomic mass is 10.1. The summed E-state index contributed by atoms with van der Waals surface area (Å²) >= 11 is 1.64. The van der Waals surface area contributed by atoms with E-state index in [1.807, 2.05) is 12.3 Å². The van der Waals surface area contributed by atoms with Crippen molar-refractivity contribution in [1.82, 2.24) is 15.3 Å². The van der Waals surface area contributed by atoms with E-state index in [2.05, 4.69) is 20.6 Å². The summed E-state index contributed by atoms with van der Waals surface area (Å²) in [4.78, 5) is 8.44. The number of anilines is 2. The van der Waals surface area contributed by atoms with Gasteiger partial charge in [-0.25, -0.2) is 9.97 Å². The van der Waals surface area contributed by atoms with Crippen molar-refractivity contribution in [3.05, 3.63) is 52.7 Å². The van der Waals surface area contributed by atoms with E-state index < -0.39 is 11.7 Å². The van der Waals surface area contributed by atoms with Crippen molar-refractivity contribution in [3.63, 3.8) is 0 Å². The Morgan fingerprint density at radius 1 is 1.25 bits per heavy atom. The van der Waals surface area contributed by atoms with Crippen molar-refractivity contribution in [1.29, 1.82) is 0 Å². The quantitative estimate of drug-likeness (QED) is 0.850. The lowest BCUT2D eigenvalue weighted by Gasteiger charge is -2.12. The van der Waals surface area contributed by atoms with Crippen LogP contribution >= 0.6 is 11.8 Å². The molecular weight excluding hydrogens is 337 g/mol. The lowest BCUT2D eigenvalue weighted by molar-refractivity contribution is -0.137. The first-order valence-electron chi connectivity index (χ1n) is 7.23. The van der Waals surface area contributed by atoms with Gasteiger partial charge in [0.15, 0.2) is 0 Å². The Bertz CT molecular complexity index is 789. The Kier molecular flexibility index (Phi) is 4.40. The predicted molar refractivity (Wildman–Crippen MR) is 89.7 cm³/mol. The van der Waals surface area contributed by atoms with Crippen molar-refractivity contribution in [2.24, 2.45) is 0 Å². The summed E-state index contributed by atoms with van der Waals surface area (Å²) in [5.74, 6) is 0.249. The third kappa shape index (κ3) is 3.81. The molecule has 1 unspecified atom stereocenters. The summed E-state index contributed by atoms with van der Waals surface area (Å²) < 4.78 is 38.7. The number of hydrogen-bond donors (Lipinski definition) is 2. The van der Waals surface area contributed by atoms with Gasteiger partial charge in [0.1, 0.15) is 0 Å². The number of aryl methyl sites for hydroxylation is 1. The second-order valence-corrected chi connectivity index (χ2v) is 6.65. The Morgan fingerprint density at radius 2 is 2.04 bits per heavy atom. The third-order valence-electron chi connectivity index (χ3n) is 3.34. The molecule has 1 atom stereocenters. The van der Waals surface area contributed by atoms with E-state index >= 15 is 0 Å². The minimum absolute atomic E-state index is 0.249. The average molecular weight is 352 g/mol. The third-order valence-corrected chi connectivity index (χ3v) is 4.24. The fourth-order valence-corrected chi connectivity index (χ4v) is 3.03. The minimum atomic E-state index is -4.39. The van der Waals surface area contributed by atoms with Gasteiger partial charge in [-0.05, 0) is 49.1 Å². The van der Waals surface area contributed by atoms with E-state index in [9.17, 15) is 13.2 Å². The zero-order chi connectivity index (χ0) is 17.3. The molecule has 0 saturated heterocycles. The van der Waals surface area contributed by atoms with Gasteiger partial charge in [-0.3, -0.25) is 0 Å². The van der Waals surface area contributed by atoms with Crippen LogP contribution in [0.3, 0.4) is 0 Å². The zero-order valence-electron chi connectivity index (χ0n) is 13.0. The molecule has 3 rings (SSSR count). The number of thioether (sulfide) groups is 1. The number of nitrogens with zero attached hydrogens (tertiary/aromatic N) is 2. The van der Waals surface area contributed by atoms with Crippen LogP contribution in [0.1, 0.15) is 23.7 Å². The molecule has 1 aliphatic rings. The Morgan fingerprint density at radius 3 is 2.71 bits per heavy atom. The van der Waals surface area contributed by atoms with E-state index in [0.717, 1.165) is 17.8 Å². The van der Waals surface area contributed by atoms with Crippen LogP contribution in [0.2, 0.25) is 0 Å². The van der Waals surface area contributed by atoms with Gasteiger partial charge in [-0.1, -0.05) is 0 Å². The molecule has 2 N–H and O–H groups in total. The van der Waals surface area contributed by atoms with Gasteiger partial charge in [0.25, 0.3) is 0 Å². The van der Waals surface area contributed by atoms with Crippen LogP contribution in [-0.2, 0) is 6.18 Å². The molecular formula is C16H15F3N4S. The van der Waals surface area contributed by atoms with Crippen molar-refractivity contribution in [2.75, 3.05) is 5.32 Å². The maximum Gasteiger partial charge on any atom is 0.416 e. The van der Waals surface area contributed by atoms with E-state index in [-0.39, 0.29) is 11.3 Å². The molecule has 126 valence electrons. The van der Waals surface area contributed by atoms with Crippen LogP contribution < -0.4 is 10.6 Å². The zero-order valence-corrected chi connectivity index (χ0v) is 13.8. The Balaban J connectivity index is 1.85. The number of hydrogen-bond acceptors (Lipinski definition) is 5. The molecule has 4 nitrogen and oxygen atoms in total. The average Bonchev–Trinajstić information content (AvgIpc) is 2.93. The lowest BCUT2D eigenvalue weighted by Crippen LogP contribution is -2.16. The summed E-state index contributed by atoms with van der Waals surface area (Å²) in [6, 6.07) is 5.53. The summed E-state index contributed by atoms with van der Waals surface area (Å²) in [5.41, 5.74) is 1.67. The molecule has 0 fully saturated rings. The highest BCUT2D eigenvalue weighted by Gasteiger charge is 2.31. The van der Waals surface area contributed by atoms with Crippen molar-refractivity contribution < 1.29 is 13.2 Å². The molecule has 8 heteroatoms. The van der Waals surface area contributed by atoms with Gasteiger partial charge in [0, 0.05) is 11.9 Å². The standard InChI is InChI=1S/C16H15F3N4S/c1-9-5-11(16(17,18)19)7-12(6-9)22-15-20-4-3-13(23-15)14-8-24-10(2)21-14/h3-8,10,21H,1-2H3,(H,20,22,23). The molecule has 0 aliphatic carbocycles. The van der Waals surface area contributed by atoms with Gasteiger partial charge in [0.05, 0.1) is 22.3 Å². The largest absolute Gasteiger partial charge is 0.416 e. The van der Waals surface area contributed by atoms with Crippen LogP contribution in [0.5, 0.6) is 0 Å². The van der Waals surface area contributed by atoms with Crippen LogP contribution in [0.4, 0.5) is 24.8 Å².